The molecule has 27 heavy (non-hydrogen) atoms. The van der Waals surface area contributed by atoms with E-state index in [9.17, 15) is 0 Å². The topological polar surface area (TPSA) is 42.9 Å². The Bertz CT molecular complexity index is 571. The Morgan fingerprint density at radius 2 is 1.93 bits per heavy atom. The van der Waals surface area contributed by atoms with E-state index in [1.54, 1.807) is 0 Å². The van der Waals surface area contributed by atoms with Crippen molar-refractivity contribution in [1.29, 1.82) is 0 Å². The molecule has 0 amide bonds. The van der Waals surface area contributed by atoms with Gasteiger partial charge >= 0.3 is 0 Å². The predicted molar refractivity (Wildman–Crippen MR) is 117 cm³/mol. The summed E-state index contributed by atoms with van der Waals surface area (Å²) in [5, 5.41) is 9.44. The zero-order chi connectivity index (χ0) is 19.1. The van der Waals surface area contributed by atoms with Crippen molar-refractivity contribution < 1.29 is 0 Å². The third kappa shape index (κ3) is 5.46. The van der Waals surface area contributed by atoms with Crippen molar-refractivity contribution in [2.75, 3.05) is 53.4 Å². The summed E-state index contributed by atoms with van der Waals surface area (Å²) >= 11 is 1.91. The zero-order valence-electron chi connectivity index (χ0n) is 17.3. The summed E-state index contributed by atoms with van der Waals surface area (Å²) < 4.78 is 0. The Kier molecular flexibility index (Phi) is 7.56. The van der Waals surface area contributed by atoms with Gasteiger partial charge in [-0.05, 0) is 38.3 Å². The van der Waals surface area contributed by atoms with Crippen LogP contribution in [0.1, 0.15) is 43.9 Å². The first-order chi connectivity index (χ1) is 13.1. The molecule has 1 aliphatic carbocycles. The van der Waals surface area contributed by atoms with E-state index in [-0.39, 0.29) is 5.41 Å². The quantitative estimate of drug-likeness (QED) is 0.578. The minimum absolute atomic E-state index is 0.285. The molecule has 2 aliphatic rings. The van der Waals surface area contributed by atoms with Gasteiger partial charge in [-0.2, -0.15) is 0 Å². The number of nitrogens with one attached hydrogen (secondary N) is 2. The van der Waals surface area contributed by atoms with Gasteiger partial charge in [0.2, 0.25) is 0 Å². The summed E-state index contributed by atoms with van der Waals surface area (Å²) in [5.41, 5.74) is 0.285. The summed E-state index contributed by atoms with van der Waals surface area (Å²) in [6.07, 6.45) is 6.63. The van der Waals surface area contributed by atoms with E-state index in [0.717, 1.165) is 32.1 Å². The van der Waals surface area contributed by atoms with Gasteiger partial charge in [0.25, 0.3) is 0 Å². The van der Waals surface area contributed by atoms with Crippen LogP contribution in [0.5, 0.6) is 0 Å². The zero-order valence-corrected chi connectivity index (χ0v) is 18.2. The second-order valence-electron chi connectivity index (χ2n) is 8.31. The van der Waals surface area contributed by atoms with Gasteiger partial charge in [0.15, 0.2) is 5.96 Å². The van der Waals surface area contributed by atoms with E-state index >= 15 is 0 Å². The van der Waals surface area contributed by atoms with Crippen LogP contribution in [0.15, 0.2) is 22.5 Å². The van der Waals surface area contributed by atoms with Gasteiger partial charge in [-0.1, -0.05) is 25.3 Å². The number of rotatable bonds is 6. The smallest absolute Gasteiger partial charge is 0.191 e. The number of hydrogen-bond acceptors (Lipinski definition) is 4. The molecule has 2 fully saturated rings. The fraction of sp³-hybridized carbons (Fsp3) is 0.762. The number of aliphatic imine (C=N–C) groups is 1. The molecule has 1 saturated carbocycles. The van der Waals surface area contributed by atoms with E-state index < -0.39 is 0 Å². The maximum absolute atomic E-state index is 4.49. The third-order valence-electron chi connectivity index (χ3n) is 6.40. The monoisotopic (exact) mass is 391 g/mol. The standard InChI is InChI=1S/C21H37N5S/c1-18(26-13-11-25(3)12-14-26)16-23-20(22-2)24-17-21(9-5-4-6-10-21)19-8-7-15-27-19/h7-8,15,18H,4-6,9-14,16-17H2,1-3H3,(H2,22,23,24). The molecule has 0 bridgehead atoms. The summed E-state index contributed by atoms with van der Waals surface area (Å²) in [5.74, 6) is 0.942. The molecule has 2 heterocycles. The highest BCUT2D eigenvalue weighted by Gasteiger charge is 2.35. The van der Waals surface area contributed by atoms with Gasteiger partial charge in [-0.3, -0.25) is 9.89 Å². The van der Waals surface area contributed by atoms with Crippen molar-refractivity contribution in [3.8, 4) is 0 Å². The fourth-order valence-electron chi connectivity index (χ4n) is 4.43. The van der Waals surface area contributed by atoms with Crippen molar-refractivity contribution in [2.24, 2.45) is 4.99 Å². The molecule has 5 nitrogen and oxygen atoms in total. The maximum Gasteiger partial charge on any atom is 0.191 e. The first kappa shape index (κ1) is 20.6. The first-order valence-electron chi connectivity index (χ1n) is 10.5. The van der Waals surface area contributed by atoms with Gasteiger partial charge in [0.05, 0.1) is 0 Å². The Labute approximate surface area is 169 Å². The molecule has 1 atom stereocenters. The molecule has 1 unspecified atom stereocenters. The Morgan fingerprint density at radius 3 is 2.56 bits per heavy atom. The van der Waals surface area contributed by atoms with Gasteiger partial charge in [-0.25, -0.2) is 0 Å². The molecular formula is C21H37N5S. The SMILES string of the molecule is CN=C(NCC(C)N1CCN(C)CC1)NCC1(c2cccs2)CCCCC1. The highest BCUT2D eigenvalue weighted by molar-refractivity contribution is 7.10. The molecule has 0 aromatic carbocycles. The van der Waals surface area contributed by atoms with Crippen molar-refractivity contribution >= 4 is 17.3 Å². The lowest BCUT2D eigenvalue weighted by atomic mass is 9.73. The van der Waals surface area contributed by atoms with Crippen LogP contribution < -0.4 is 10.6 Å². The van der Waals surface area contributed by atoms with Crippen LogP contribution in [0.3, 0.4) is 0 Å². The van der Waals surface area contributed by atoms with Crippen LogP contribution in [0.25, 0.3) is 0 Å². The molecule has 2 N–H and O–H groups in total. The van der Waals surface area contributed by atoms with Crippen LogP contribution in [0.4, 0.5) is 0 Å². The highest BCUT2D eigenvalue weighted by Crippen LogP contribution is 2.41. The molecule has 0 spiro atoms. The molecule has 6 heteroatoms. The average molecular weight is 392 g/mol. The minimum Gasteiger partial charge on any atom is -0.355 e. The largest absolute Gasteiger partial charge is 0.355 e. The molecule has 152 valence electrons. The van der Waals surface area contributed by atoms with Crippen molar-refractivity contribution in [3.05, 3.63) is 22.4 Å². The van der Waals surface area contributed by atoms with Crippen molar-refractivity contribution in [2.45, 2.75) is 50.5 Å². The summed E-state index contributed by atoms with van der Waals surface area (Å²) in [6.45, 7) is 8.90. The third-order valence-corrected chi connectivity index (χ3v) is 7.51. The van der Waals surface area contributed by atoms with Gasteiger partial charge in [0, 0.05) is 62.7 Å². The highest BCUT2D eigenvalue weighted by atomic mass is 32.1. The van der Waals surface area contributed by atoms with E-state index in [0.29, 0.717) is 6.04 Å². The minimum atomic E-state index is 0.285. The van der Waals surface area contributed by atoms with Gasteiger partial charge < -0.3 is 15.5 Å². The van der Waals surface area contributed by atoms with E-state index in [2.05, 4.69) is 56.9 Å². The second-order valence-corrected chi connectivity index (χ2v) is 9.26. The number of hydrogen-bond donors (Lipinski definition) is 2. The van der Waals surface area contributed by atoms with Crippen LogP contribution in [0.2, 0.25) is 0 Å². The lowest BCUT2D eigenvalue weighted by molar-refractivity contribution is 0.120. The Morgan fingerprint density at radius 1 is 1.19 bits per heavy atom. The van der Waals surface area contributed by atoms with Crippen LogP contribution in [-0.4, -0.2) is 75.2 Å². The Hall–Kier alpha value is -1.11. The molecule has 1 aliphatic heterocycles. The van der Waals surface area contributed by atoms with Crippen LogP contribution >= 0.6 is 11.3 Å². The first-order valence-corrected chi connectivity index (χ1v) is 11.4. The van der Waals surface area contributed by atoms with E-state index in [1.165, 1.54) is 50.1 Å². The van der Waals surface area contributed by atoms with E-state index in [4.69, 9.17) is 0 Å². The molecule has 3 rings (SSSR count). The van der Waals surface area contributed by atoms with Crippen LogP contribution in [-0.2, 0) is 5.41 Å². The van der Waals surface area contributed by atoms with Gasteiger partial charge in [-0.15, -0.1) is 11.3 Å². The Balaban J connectivity index is 1.50. The summed E-state index contributed by atoms with van der Waals surface area (Å²) in [4.78, 5) is 11.0. The average Bonchev–Trinajstić information content (AvgIpc) is 3.25. The number of likely N-dealkylation sites (N-methyl/N-ethyl adjacent to an activating group) is 1. The number of guanidine groups is 1. The van der Waals surface area contributed by atoms with Crippen molar-refractivity contribution in [3.63, 3.8) is 0 Å². The number of thiophene rings is 1. The maximum atomic E-state index is 4.49. The number of piperazine rings is 1. The molecule has 1 aromatic heterocycles. The molecule has 1 aromatic rings. The normalized spacial score (nSPS) is 23.1. The van der Waals surface area contributed by atoms with Gasteiger partial charge in [0.1, 0.15) is 0 Å². The van der Waals surface area contributed by atoms with Crippen molar-refractivity contribution in [1.82, 2.24) is 20.4 Å². The lowest BCUT2D eigenvalue weighted by Crippen LogP contribution is -2.53. The summed E-state index contributed by atoms with van der Waals surface area (Å²) in [7, 11) is 4.09. The summed E-state index contributed by atoms with van der Waals surface area (Å²) in [6, 6.07) is 5.04. The van der Waals surface area contributed by atoms with E-state index in [1.807, 2.05) is 18.4 Å². The molecule has 1 saturated heterocycles. The predicted octanol–water partition coefficient (Wildman–Crippen LogP) is 2.75. The number of nitrogens with zero attached hydrogens (tertiary/aromatic N) is 3. The molecular weight excluding hydrogens is 354 g/mol. The second kappa shape index (κ2) is 9.89. The van der Waals surface area contributed by atoms with Crippen LogP contribution in [0, 0.1) is 0 Å². The molecule has 0 radical (unpaired) electrons. The fourth-order valence-corrected chi connectivity index (χ4v) is 5.42. The lowest BCUT2D eigenvalue weighted by Gasteiger charge is -2.38.